The zero-order valence-electron chi connectivity index (χ0n) is 8.69. The molecule has 14 heavy (non-hydrogen) atoms. The van der Waals surface area contributed by atoms with Crippen molar-refractivity contribution in [2.45, 2.75) is 26.4 Å². The summed E-state index contributed by atoms with van der Waals surface area (Å²) in [5.74, 6) is 0.137. The predicted octanol–water partition coefficient (Wildman–Crippen LogP) is 2.74. The fourth-order valence-electron chi connectivity index (χ4n) is 1.35. The Morgan fingerprint density at radius 3 is 2.43 bits per heavy atom. The lowest BCUT2D eigenvalue weighted by molar-refractivity contribution is -0.130. The minimum absolute atomic E-state index is 0.137. The number of ketones is 1. The largest absolute Gasteiger partial charge is 0.366 e. The van der Waals surface area contributed by atoms with Crippen LogP contribution >= 0.6 is 0 Å². The van der Waals surface area contributed by atoms with E-state index in [4.69, 9.17) is 4.74 Å². The highest BCUT2D eigenvalue weighted by Crippen LogP contribution is 2.19. The van der Waals surface area contributed by atoms with Gasteiger partial charge in [-0.2, -0.15) is 0 Å². The van der Waals surface area contributed by atoms with Crippen molar-refractivity contribution in [2.24, 2.45) is 0 Å². The summed E-state index contributed by atoms with van der Waals surface area (Å²) in [6.07, 6.45) is 0.130. The molecule has 1 aromatic carbocycles. The van der Waals surface area contributed by atoms with E-state index >= 15 is 0 Å². The van der Waals surface area contributed by atoms with E-state index in [1.165, 1.54) is 0 Å². The first-order chi connectivity index (χ1) is 6.79. The van der Waals surface area contributed by atoms with Crippen molar-refractivity contribution >= 4 is 5.78 Å². The second-order valence-corrected chi connectivity index (χ2v) is 3.07. The van der Waals surface area contributed by atoms with E-state index in [0.29, 0.717) is 13.0 Å². The molecular weight excluding hydrogens is 176 g/mol. The summed E-state index contributed by atoms with van der Waals surface area (Å²) < 4.78 is 5.43. The van der Waals surface area contributed by atoms with Crippen LogP contribution in [0.25, 0.3) is 0 Å². The fourth-order valence-corrected chi connectivity index (χ4v) is 1.35. The smallest absolute Gasteiger partial charge is 0.165 e. The van der Waals surface area contributed by atoms with Gasteiger partial charge in [-0.1, -0.05) is 37.3 Å². The zero-order valence-corrected chi connectivity index (χ0v) is 8.69. The molecule has 0 N–H and O–H groups in total. The van der Waals surface area contributed by atoms with Gasteiger partial charge in [0.25, 0.3) is 0 Å². The van der Waals surface area contributed by atoms with Gasteiger partial charge in [-0.15, -0.1) is 0 Å². The molecule has 76 valence electrons. The molecule has 0 amide bonds. The summed E-state index contributed by atoms with van der Waals surface area (Å²) in [4.78, 5) is 11.6. The Kier molecular flexibility index (Phi) is 4.33. The molecule has 0 saturated carbocycles. The minimum atomic E-state index is -0.383. The Labute approximate surface area is 84.9 Å². The molecule has 0 aromatic heterocycles. The first-order valence-electron chi connectivity index (χ1n) is 4.98. The number of carbonyl (C=O) groups excluding carboxylic acids is 1. The third-order valence-corrected chi connectivity index (χ3v) is 2.08. The van der Waals surface area contributed by atoms with Crippen LogP contribution in [0, 0.1) is 0 Å². The molecule has 2 heteroatoms. The van der Waals surface area contributed by atoms with Gasteiger partial charge in [0.15, 0.2) is 5.78 Å². The Bertz CT molecular complexity index is 280. The van der Waals surface area contributed by atoms with Crippen LogP contribution in [0.5, 0.6) is 0 Å². The predicted molar refractivity (Wildman–Crippen MR) is 56.1 cm³/mol. The topological polar surface area (TPSA) is 26.3 Å². The van der Waals surface area contributed by atoms with Crippen molar-refractivity contribution in [3.63, 3.8) is 0 Å². The van der Waals surface area contributed by atoms with Crippen LogP contribution in [0.2, 0.25) is 0 Å². The normalized spacial score (nSPS) is 12.4. The number of hydrogen-bond acceptors (Lipinski definition) is 2. The summed E-state index contributed by atoms with van der Waals surface area (Å²) in [5, 5.41) is 0. The first-order valence-corrected chi connectivity index (χ1v) is 4.98. The average Bonchev–Trinajstić information content (AvgIpc) is 2.26. The summed E-state index contributed by atoms with van der Waals surface area (Å²) in [7, 11) is 0. The van der Waals surface area contributed by atoms with Gasteiger partial charge in [0.2, 0.25) is 0 Å². The Morgan fingerprint density at radius 1 is 1.29 bits per heavy atom. The number of carbonyl (C=O) groups is 1. The molecule has 2 nitrogen and oxygen atoms in total. The van der Waals surface area contributed by atoms with Gasteiger partial charge in [0, 0.05) is 13.0 Å². The van der Waals surface area contributed by atoms with Gasteiger partial charge in [0.05, 0.1) is 0 Å². The molecule has 1 aromatic rings. The quantitative estimate of drug-likeness (QED) is 0.717. The summed E-state index contributed by atoms with van der Waals surface area (Å²) in [6, 6.07) is 9.62. The van der Waals surface area contributed by atoms with Crippen LogP contribution in [-0.4, -0.2) is 12.4 Å². The van der Waals surface area contributed by atoms with Crippen molar-refractivity contribution < 1.29 is 9.53 Å². The Morgan fingerprint density at radius 2 is 1.93 bits per heavy atom. The molecule has 0 aliphatic rings. The molecule has 1 rings (SSSR count). The first kappa shape index (κ1) is 10.9. The van der Waals surface area contributed by atoms with E-state index in [1.54, 1.807) is 0 Å². The van der Waals surface area contributed by atoms with E-state index in [1.807, 2.05) is 44.2 Å². The lowest BCUT2D eigenvalue weighted by Crippen LogP contribution is -2.14. The van der Waals surface area contributed by atoms with E-state index in [2.05, 4.69) is 0 Å². The SMILES string of the molecule is CCOC(C(=O)CC)c1ccccc1. The van der Waals surface area contributed by atoms with Crippen LogP contribution in [0.3, 0.4) is 0 Å². The maximum Gasteiger partial charge on any atom is 0.165 e. The van der Waals surface area contributed by atoms with Gasteiger partial charge < -0.3 is 4.74 Å². The zero-order chi connectivity index (χ0) is 10.4. The van der Waals surface area contributed by atoms with Gasteiger partial charge in [-0.25, -0.2) is 0 Å². The second-order valence-electron chi connectivity index (χ2n) is 3.07. The Balaban J connectivity index is 2.83. The Hall–Kier alpha value is -1.15. The molecular formula is C12H16O2. The van der Waals surface area contributed by atoms with Gasteiger partial charge in [0.1, 0.15) is 6.10 Å². The molecule has 0 saturated heterocycles. The molecule has 1 atom stereocenters. The maximum absolute atomic E-state index is 11.6. The maximum atomic E-state index is 11.6. The lowest BCUT2D eigenvalue weighted by atomic mass is 10.0. The molecule has 0 aliphatic carbocycles. The molecule has 0 spiro atoms. The second kappa shape index (κ2) is 5.55. The fraction of sp³-hybridized carbons (Fsp3) is 0.417. The molecule has 0 bridgehead atoms. The number of hydrogen-bond donors (Lipinski definition) is 0. The van der Waals surface area contributed by atoms with E-state index in [-0.39, 0.29) is 11.9 Å². The standard InChI is InChI=1S/C12H16O2/c1-3-11(13)12(14-4-2)10-8-6-5-7-9-10/h5-9,12H,3-4H2,1-2H3. The molecule has 1 unspecified atom stereocenters. The minimum Gasteiger partial charge on any atom is -0.366 e. The summed E-state index contributed by atoms with van der Waals surface area (Å²) in [5.41, 5.74) is 0.946. The van der Waals surface area contributed by atoms with Crippen LogP contribution < -0.4 is 0 Å². The highest BCUT2D eigenvalue weighted by molar-refractivity contribution is 5.84. The van der Waals surface area contributed by atoms with Crippen LogP contribution in [0.15, 0.2) is 30.3 Å². The van der Waals surface area contributed by atoms with E-state index in [9.17, 15) is 4.79 Å². The highest BCUT2D eigenvalue weighted by atomic mass is 16.5. The van der Waals surface area contributed by atoms with Crippen LogP contribution in [-0.2, 0) is 9.53 Å². The number of benzene rings is 1. The van der Waals surface area contributed by atoms with Crippen molar-refractivity contribution in [2.75, 3.05) is 6.61 Å². The summed E-state index contributed by atoms with van der Waals surface area (Å²) in [6.45, 7) is 4.32. The van der Waals surface area contributed by atoms with Gasteiger partial charge in [-0.05, 0) is 12.5 Å². The third-order valence-electron chi connectivity index (χ3n) is 2.08. The van der Waals surface area contributed by atoms with Gasteiger partial charge >= 0.3 is 0 Å². The molecule has 0 radical (unpaired) electrons. The number of rotatable bonds is 5. The van der Waals surface area contributed by atoms with Crippen molar-refractivity contribution in [1.29, 1.82) is 0 Å². The lowest BCUT2D eigenvalue weighted by Gasteiger charge is -2.15. The van der Waals surface area contributed by atoms with E-state index in [0.717, 1.165) is 5.56 Å². The van der Waals surface area contributed by atoms with Gasteiger partial charge in [-0.3, -0.25) is 4.79 Å². The van der Waals surface area contributed by atoms with Crippen LogP contribution in [0.1, 0.15) is 31.9 Å². The van der Waals surface area contributed by atoms with Crippen molar-refractivity contribution in [3.05, 3.63) is 35.9 Å². The highest BCUT2D eigenvalue weighted by Gasteiger charge is 2.18. The number of ether oxygens (including phenoxy) is 1. The third kappa shape index (κ3) is 2.67. The van der Waals surface area contributed by atoms with Crippen LogP contribution in [0.4, 0.5) is 0 Å². The molecule has 0 aliphatic heterocycles. The summed E-state index contributed by atoms with van der Waals surface area (Å²) >= 11 is 0. The molecule has 0 heterocycles. The van der Waals surface area contributed by atoms with Crippen molar-refractivity contribution in [3.8, 4) is 0 Å². The van der Waals surface area contributed by atoms with E-state index < -0.39 is 0 Å². The average molecular weight is 192 g/mol. The van der Waals surface area contributed by atoms with Crippen molar-refractivity contribution in [1.82, 2.24) is 0 Å². The molecule has 0 fully saturated rings. The monoisotopic (exact) mass is 192 g/mol. The number of Topliss-reactive ketones (excluding diaryl/α,β-unsaturated/α-hetero) is 1.